The smallest absolute Gasteiger partial charge is 0.211 e. The minimum Gasteiger partial charge on any atom is -0.356 e. The summed E-state index contributed by atoms with van der Waals surface area (Å²) in [5, 5.41) is 6.45. The van der Waals surface area contributed by atoms with Crippen molar-refractivity contribution < 1.29 is 8.42 Å². The molecule has 1 unspecified atom stereocenters. The Hall–Kier alpha value is -0.460. The predicted molar refractivity (Wildman–Crippen MR) is 110 cm³/mol. The number of halogens is 1. The van der Waals surface area contributed by atoms with E-state index in [4.69, 9.17) is 0 Å². The standard InChI is InChI=1S/C14H25N5O2S2.HI/c1-11-17-13(10-22-11)9-18(3)14(15-2)16-7-12-5-6-19(8-12)23(4,20)21;/h10,12H,5-9H2,1-4H3,(H,15,16);1H. The molecule has 1 fully saturated rings. The summed E-state index contributed by atoms with van der Waals surface area (Å²) in [5.41, 5.74) is 1.03. The van der Waals surface area contributed by atoms with Gasteiger partial charge in [-0.2, -0.15) is 0 Å². The first kappa shape index (κ1) is 21.6. The van der Waals surface area contributed by atoms with E-state index in [0.29, 0.717) is 25.6 Å². The lowest BCUT2D eigenvalue weighted by atomic mass is 10.1. The van der Waals surface area contributed by atoms with Crippen molar-refractivity contribution in [3.05, 3.63) is 16.1 Å². The molecule has 1 N–H and O–H groups in total. The summed E-state index contributed by atoms with van der Waals surface area (Å²) < 4.78 is 24.7. The first-order valence-electron chi connectivity index (χ1n) is 7.57. The summed E-state index contributed by atoms with van der Waals surface area (Å²) in [6.07, 6.45) is 2.15. The third kappa shape index (κ3) is 6.12. The van der Waals surface area contributed by atoms with Crippen LogP contribution in [-0.4, -0.2) is 68.6 Å². The Kier molecular flexibility index (Phi) is 8.36. The number of aliphatic imine (C=N–C) groups is 1. The lowest BCUT2D eigenvalue weighted by Gasteiger charge is -2.22. The molecular formula is C14H26IN5O2S2. The number of nitrogens with one attached hydrogen (secondary N) is 1. The van der Waals surface area contributed by atoms with Gasteiger partial charge in [-0.25, -0.2) is 17.7 Å². The van der Waals surface area contributed by atoms with Crippen molar-refractivity contribution in [1.82, 2.24) is 19.5 Å². The topological polar surface area (TPSA) is 77.9 Å². The van der Waals surface area contributed by atoms with Crippen LogP contribution in [0.3, 0.4) is 0 Å². The van der Waals surface area contributed by atoms with Gasteiger partial charge in [0.05, 0.1) is 23.5 Å². The van der Waals surface area contributed by atoms with E-state index in [1.807, 2.05) is 18.9 Å². The molecule has 1 aliphatic rings. The number of thiazole rings is 1. The molecule has 2 rings (SSSR count). The molecular weight excluding hydrogens is 461 g/mol. The summed E-state index contributed by atoms with van der Waals surface area (Å²) in [4.78, 5) is 10.8. The van der Waals surface area contributed by atoms with Gasteiger partial charge in [0.25, 0.3) is 0 Å². The normalized spacial score (nSPS) is 19.2. The maximum atomic E-state index is 11.6. The maximum Gasteiger partial charge on any atom is 0.211 e. The molecule has 1 atom stereocenters. The molecule has 1 saturated heterocycles. The lowest BCUT2D eigenvalue weighted by Crippen LogP contribution is -2.41. The fourth-order valence-electron chi connectivity index (χ4n) is 2.68. The molecule has 1 aromatic rings. The predicted octanol–water partition coefficient (Wildman–Crippen LogP) is 1.36. The Morgan fingerprint density at radius 1 is 1.58 bits per heavy atom. The zero-order chi connectivity index (χ0) is 17.0. The van der Waals surface area contributed by atoms with Gasteiger partial charge in [0, 0.05) is 39.1 Å². The minimum atomic E-state index is -3.08. The van der Waals surface area contributed by atoms with E-state index in [2.05, 4.69) is 20.7 Å². The van der Waals surface area contributed by atoms with Gasteiger partial charge in [0.2, 0.25) is 10.0 Å². The van der Waals surface area contributed by atoms with Crippen LogP contribution in [0.1, 0.15) is 17.1 Å². The molecule has 0 aromatic carbocycles. The SMILES string of the molecule is CN=C(NCC1CCN(S(C)(=O)=O)C1)N(C)Cc1csc(C)n1.I. The van der Waals surface area contributed by atoms with Crippen LogP contribution in [0.15, 0.2) is 10.4 Å². The van der Waals surface area contributed by atoms with E-state index >= 15 is 0 Å². The quantitative estimate of drug-likeness (QED) is 0.386. The van der Waals surface area contributed by atoms with Crippen molar-refractivity contribution in [2.75, 3.05) is 40.0 Å². The number of rotatable bonds is 5. The average Bonchev–Trinajstić information content (AvgIpc) is 3.08. The van der Waals surface area contributed by atoms with Gasteiger partial charge >= 0.3 is 0 Å². The largest absolute Gasteiger partial charge is 0.356 e. The van der Waals surface area contributed by atoms with E-state index in [1.165, 1.54) is 6.26 Å². The van der Waals surface area contributed by atoms with Crippen molar-refractivity contribution in [2.45, 2.75) is 19.9 Å². The van der Waals surface area contributed by atoms with Crippen LogP contribution in [0, 0.1) is 12.8 Å². The molecule has 0 saturated carbocycles. The summed E-state index contributed by atoms with van der Waals surface area (Å²) in [5.74, 6) is 1.12. The molecule has 7 nitrogen and oxygen atoms in total. The summed E-state index contributed by atoms with van der Waals surface area (Å²) in [6.45, 7) is 4.60. The summed E-state index contributed by atoms with van der Waals surface area (Å²) in [7, 11) is 0.650. The highest BCUT2D eigenvalue weighted by atomic mass is 127. The summed E-state index contributed by atoms with van der Waals surface area (Å²) >= 11 is 1.64. The van der Waals surface area contributed by atoms with E-state index < -0.39 is 10.0 Å². The number of hydrogen-bond donors (Lipinski definition) is 1. The number of sulfonamides is 1. The van der Waals surface area contributed by atoms with Crippen LogP contribution in [0.4, 0.5) is 0 Å². The van der Waals surface area contributed by atoms with Gasteiger partial charge in [-0.3, -0.25) is 4.99 Å². The Morgan fingerprint density at radius 2 is 2.29 bits per heavy atom. The minimum absolute atomic E-state index is 0. The molecule has 24 heavy (non-hydrogen) atoms. The number of nitrogens with zero attached hydrogens (tertiary/aromatic N) is 4. The summed E-state index contributed by atoms with van der Waals surface area (Å²) in [6, 6.07) is 0. The van der Waals surface area contributed by atoms with Crippen molar-refractivity contribution in [2.24, 2.45) is 10.9 Å². The van der Waals surface area contributed by atoms with Crippen molar-refractivity contribution in [3.8, 4) is 0 Å². The second kappa shape index (κ2) is 9.30. The first-order valence-corrected chi connectivity index (χ1v) is 10.3. The Bertz CT molecular complexity index is 662. The molecule has 1 aromatic heterocycles. The van der Waals surface area contributed by atoms with Gasteiger partial charge in [-0.1, -0.05) is 0 Å². The van der Waals surface area contributed by atoms with E-state index in [1.54, 1.807) is 22.7 Å². The average molecular weight is 487 g/mol. The van der Waals surface area contributed by atoms with E-state index in [-0.39, 0.29) is 24.0 Å². The van der Waals surface area contributed by atoms with Crippen molar-refractivity contribution in [1.29, 1.82) is 0 Å². The van der Waals surface area contributed by atoms with E-state index in [0.717, 1.165) is 29.6 Å². The number of aryl methyl sites for hydroxylation is 1. The Balaban J connectivity index is 0.00000288. The highest BCUT2D eigenvalue weighted by Crippen LogP contribution is 2.18. The molecule has 1 aliphatic heterocycles. The monoisotopic (exact) mass is 487 g/mol. The number of hydrogen-bond acceptors (Lipinski definition) is 5. The van der Waals surface area contributed by atoms with Gasteiger partial charge in [-0.05, 0) is 19.3 Å². The molecule has 0 spiro atoms. The van der Waals surface area contributed by atoms with Gasteiger partial charge in [-0.15, -0.1) is 35.3 Å². The fraction of sp³-hybridized carbons (Fsp3) is 0.714. The molecule has 0 amide bonds. The number of guanidine groups is 1. The zero-order valence-electron chi connectivity index (χ0n) is 14.5. The molecule has 138 valence electrons. The molecule has 0 radical (unpaired) electrons. The van der Waals surface area contributed by atoms with Crippen molar-refractivity contribution >= 4 is 51.3 Å². The molecule has 2 heterocycles. The van der Waals surface area contributed by atoms with Crippen LogP contribution in [0.5, 0.6) is 0 Å². The van der Waals surface area contributed by atoms with Crippen LogP contribution in [0.2, 0.25) is 0 Å². The maximum absolute atomic E-state index is 11.6. The zero-order valence-corrected chi connectivity index (χ0v) is 18.5. The van der Waals surface area contributed by atoms with Crippen LogP contribution in [0.25, 0.3) is 0 Å². The third-order valence-corrected chi connectivity index (χ3v) is 6.00. The van der Waals surface area contributed by atoms with Crippen LogP contribution in [-0.2, 0) is 16.6 Å². The second-order valence-electron chi connectivity index (χ2n) is 5.92. The van der Waals surface area contributed by atoms with E-state index in [9.17, 15) is 8.42 Å². The Labute approximate surface area is 165 Å². The van der Waals surface area contributed by atoms with Gasteiger partial charge in [0.15, 0.2) is 5.96 Å². The fourth-order valence-corrected chi connectivity index (χ4v) is 4.21. The van der Waals surface area contributed by atoms with Gasteiger partial charge < -0.3 is 10.2 Å². The number of aromatic nitrogens is 1. The van der Waals surface area contributed by atoms with Crippen LogP contribution < -0.4 is 5.32 Å². The van der Waals surface area contributed by atoms with Crippen LogP contribution >= 0.6 is 35.3 Å². The highest BCUT2D eigenvalue weighted by Gasteiger charge is 2.28. The first-order chi connectivity index (χ1) is 10.8. The Morgan fingerprint density at radius 3 is 2.79 bits per heavy atom. The second-order valence-corrected chi connectivity index (χ2v) is 8.96. The highest BCUT2D eigenvalue weighted by molar-refractivity contribution is 14.0. The molecule has 10 heteroatoms. The van der Waals surface area contributed by atoms with Crippen molar-refractivity contribution in [3.63, 3.8) is 0 Å². The molecule has 0 aliphatic carbocycles. The third-order valence-electron chi connectivity index (χ3n) is 3.91. The molecule has 0 bridgehead atoms. The van der Waals surface area contributed by atoms with Gasteiger partial charge in [0.1, 0.15) is 0 Å². The lowest BCUT2D eigenvalue weighted by molar-refractivity contribution is 0.441.